The molecule has 66 valence electrons. The Hall–Kier alpha value is 0. The third-order valence-corrected chi connectivity index (χ3v) is 3.35. The third kappa shape index (κ3) is 2.21. The first kappa shape index (κ1) is 9.09. The van der Waals surface area contributed by atoms with E-state index in [0.29, 0.717) is 5.41 Å². The summed E-state index contributed by atoms with van der Waals surface area (Å²) in [7, 11) is 0. The largest absolute Gasteiger partial charge is 0.0654 e. The lowest BCUT2D eigenvalue weighted by Crippen LogP contribution is -2.21. The standard InChI is InChI=1S/C11H22/c1-4-9-11(2,3)10-7-5-6-8-10/h10H,4-9H2,1-3H3. The van der Waals surface area contributed by atoms with Gasteiger partial charge in [0.05, 0.1) is 0 Å². The van der Waals surface area contributed by atoms with Crippen LogP contribution in [0.3, 0.4) is 0 Å². The van der Waals surface area contributed by atoms with Crippen LogP contribution in [0.4, 0.5) is 0 Å². The Kier molecular flexibility index (Phi) is 2.98. The van der Waals surface area contributed by atoms with Crippen molar-refractivity contribution in [1.29, 1.82) is 0 Å². The minimum absolute atomic E-state index is 0.630. The van der Waals surface area contributed by atoms with Crippen LogP contribution in [-0.4, -0.2) is 0 Å². The molecule has 0 N–H and O–H groups in total. The van der Waals surface area contributed by atoms with Crippen molar-refractivity contribution in [3.63, 3.8) is 0 Å². The van der Waals surface area contributed by atoms with E-state index in [0.717, 1.165) is 5.92 Å². The molecule has 0 bridgehead atoms. The summed E-state index contributed by atoms with van der Waals surface area (Å²) in [6.45, 7) is 7.20. The normalized spacial score (nSPS) is 21.0. The molecule has 1 aliphatic rings. The number of hydrogen-bond acceptors (Lipinski definition) is 0. The van der Waals surface area contributed by atoms with Crippen molar-refractivity contribution in [2.75, 3.05) is 0 Å². The Morgan fingerprint density at radius 2 is 1.73 bits per heavy atom. The summed E-state index contributed by atoms with van der Waals surface area (Å²) in [5.41, 5.74) is 0.630. The zero-order valence-corrected chi connectivity index (χ0v) is 8.32. The molecule has 0 nitrogen and oxygen atoms in total. The van der Waals surface area contributed by atoms with Crippen LogP contribution in [0.25, 0.3) is 0 Å². The highest BCUT2D eigenvalue weighted by atomic mass is 14.4. The highest BCUT2D eigenvalue weighted by Crippen LogP contribution is 2.42. The van der Waals surface area contributed by atoms with Crippen LogP contribution in [-0.2, 0) is 0 Å². The Labute approximate surface area is 71.4 Å². The lowest BCUT2D eigenvalue weighted by molar-refractivity contribution is 0.197. The molecule has 0 heterocycles. The van der Waals surface area contributed by atoms with E-state index in [2.05, 4.69) is 20.8 Å². The minimum Gasteiger partial charge on any atom is -0.0654 e. The molecule has 0 aromatic rings. The van der Waals surface area contributed by atoms with Gasteiger partial charge in [-0.15, -0.1) is 0 Å². The van der Waals surface area contributed by atoms with E-state index in [9.17, 15) is 0 Å². The predicted molar refractivity (Wildman–Crippen MR) is 50.6 cm³/mol. The van der Waals surface area contributed by atoms with Crippen molar-refractivity contribution in [1.82, 2.24) is 0 Å². The summed E-state index contributed by atoms with van der Waals surface area (Å²) in [6, 6.07) is 0. The van der Waals surface area contributed by atoms with Gasteiger partial charge in [0, 0.05) is 0 Å². The molecule has 0 spiro atoms. The van der Waals surface area contributed by atoms with Gasteiger partial charge in [0.25, 0.3) is 0 Å². The highest BCUT2D eigenvalue weighted by molar-refractivity contribution is 4.81. The van der Waals surface area contributed by atoms with E-state index < -0.39 is 0 Å². The van der Waals surface area contributed by atoms with Gasteiger partial charge in [0.2, 0.25) is 0 Å². The fraction of sp³-hybridized carbons (Fsp3) is 1.00. The van der Waals surface area contributed by atoms with Crippen LogP contribution in [0.1, 0.15) is 59.3 Å². The van der Waals surface area contributed by atoms with Gasteiger partial charge in [-0.1, -0.05) is 40.0 Å². The first-order valence-electron chi connectivity index (χ1n) is 5.17. The van der Waals surface area contributed by atoms with Crippen LogP contribution >= 0.6 is 0 Å². The van der Waals surface area contributed by atoms with Crippen LogP contribution in [0, 0.1) is 11.3 Å². The molecule has 0 aliphatic heterocycles. The molecule has 1 rings (SSSR count). The van der Waals surface area contributed by atoms with E-state index in [1.54, 1.807) is 0 Å². The molecule has 0 amide bonds. The SMILES string of the molecule is CCCC(C)(C)C1CCCC1. The summed E-state index contributed by atoms with van der Waals surface area (Å²) in [5.74, 6) is 1.03. The van der Waals surface area contributed by atoms with Gasteiger partial charge in [-0.05, 0) is 30.6 Å². The maximum absolute atomic E-state index is 2.45. The van der Waals surface area contributed by atoms with Gasteiger partial charge in [-0.3, -0.25) is 0 Å². The van der Waals surface area contributed by atoms with Crippen LogP contribution < -0.4 is 0 Å². The van der Waals surface area contributed by atoms with Gasteiger partial charge < -0.3 is 0 Å². The topological polar surface area (TPSA) is 0 Å². The minimum atomic E-state index is 0.630. The monoisotopic (exact) mass is 154 g/mol. The van der Waals surface area contributed by atoms with Crippen molar-refractivity contribution < 1.29 is 0 Å². The lowest BCUT2D eigenvalue weighted by atomic mass is 9.75. The smallest absolute Gasteiger partial charge is 0.0326 e. The maximum atomic E-state index is 2.45. The van der Waals surface area contributed by atoms with E-state index in [1.165, 1.54) is 38.5 Å². The molecule has 0 aromatic heterocycles. The summed E-state index contributed by atoms with van der Waals surface area (Å²) in [6.07, 6.45) is 8.72. The zero-order chi connectivity index (χ0) is 8.32. The van der Waals surface area contributed by atoms with E-state index >= 15 is 0 Å². The van der Waals surface area contributed by atoms with Crippen molar-refractivity contribution in [3.05, 3.63) is 0 Å². The average Bonchev–Trinajstić information content (AvgIpc) is 2.37. The average molecular weight is 154 g/mol. The van der Waals surface area contributed by atoms with Crippen molar-refractivity contribution >= 4 is 0 Å². The Morgan fingerprint density at radius 3 is 2.18 bits per heavy atom. The first-order valence-corrected chi connectivity index (χ1v) is 5.17. The van der Waals surface area contributed by atoms with Crippen LogP contribution in [0.15, 0.2) is 0 Å². The first-order chi connectivity index (χ1) is 5.17. The Balaban J connectivity index is 2.41. The Morgan fingerprint density at radius 1 is 1.18 bits per heavy atom. The van der Waals surface area contributed by atoms with Crippen molar-refractivity contribution in [2.24, 2.45) is 11.3 Å². The van der Waals surface area contributed by atoms with Crippen molar-refractivity contribution in [3.8, 4) is 0 Å². The molecule has 0 radical (unpaired) electrons. The molecule has 0 saturated heterocycles. The molecule has 11 heavy (non-hydrogen) atoms. The van der Waals surface area contributed by atoms with E-state index in [-0.39, 0.29) is 0 Å². The molecule has 0 aromatic carbocycles. The summed E-state index contributed by atoms with van der Waals surface area (Å²) >= 11 is 0. The molecular formula is C11H22. The van der Waals surface area contributed by atoms with E-state index in [1.807, 2.05) is 0 Å². The number of rotatable bonds is 3. The number of hydrogen-bond donors (Lipinski definition) is 0. The highest BCUT2D eigenvalue weighted by Gasteiger charge is 2.30. The summed E-state index contributed by atoms with van der Waals surface area (Å²) < 4.78 is 0. The molecule has 1 aliphatic carbocycles. The second-order valence-corrected chi connectivity index (χ2v) is 4.72. The van der Waals surface area contributed by atoms with Gasteiger partial charge in [0.1, 0.15) is 0 Å². The second kappa shape index (κ2) is 3.60. The van der Waals surface area contributed by atoms with Gasteiger partial charge >= 0.3 is 0 Å². The fourth-order valence-electron chi connectivity index (χ4n) is 2.56. The summed E-state index contributed by atoms with van der Waals surface area (Å²) in [4.78, 5) is 0. The maximum Gasteiger partial charge on any atom is -0.0326 e. The van der Waals surface area contributed by atoms with Crippen molar-refractivity contribution in [2.45, 2.75) is 59.3 Å². The summed E-state index contributed by atoms with van der Waals surface area (Å²) in [5, 5.41) is 0. The Bertz CT molecular complexity index is 107. The van der Waals surface area contributed by atoms with E-state index in [4.69, 9.17) is 0 Å². The van der Waals surface area contributed by atoms with Gasteiger partial charge in [0.15, 0.2) is 0 Å². The zero-order valence-electron chi connectivity index (χ0n) is 8.32. The molecule has 0 heteroatoms. The molecule has 0 atom stereocenters. The molecule has 0 unspecified atom stereocenters. The lowest BCUT2D eigenvalue weighted by Gasteiger charge is -2.31. The fourth-order valence-corrected chi connectivity index (χ4v) is 2.56. The van der Waals surface area contributed by atoms with Crippen LogP contribution in [0.2, 0.25) is 0 Å². The third-order valence-electron chi connectivity index (χ3n) is 3.35. The predicted octanol–water partition coefficient (Wildman–Crippen LogP) is 4.00. The quantitative estimate of drug-likeness (QED) is 0.576. The van der Waals surface area contributed by atoms with Gasteiger partial charge in [-0.2, -0.15) is 0 Å². The molecular weight excluding hydrogens is 132 g/mol. The second-order valence-electron chi connectivity index (χ2n) is 4.72. The van der Waals surface area contributed by atoms with Crippen LogP contribution in [0.5, 0.6) is 0 Å². The van der Waals surface area contributed by atoms with Gasteiger partial charge in [-0.25, -0.2) is 0 Å². The molecule has 1 fully saturated rings. The molecule has 1 saturated carbocycles.